The fraction of sp³-hybridized carbons (Fsp3) is 0.429. The van der Waals surface area contributed by atoms with E-state index in [2.05, 4.69) is 14.7 Å². The molecule has 0 spiro atoms. The summed E-state index contributed by atoms with van der Waals surface area (Å²) in [5.41, 5.74) is 1.06. The first kappa shape index (κ1) is 14.0. The third-order valence-corrected chi connectivity index (χ3v) is 4.00. The van der Waals surface area contributed by atoms with Crippen molar-refractivity contribution < 1.29 is 14.3 Å². The normalized spacial score (nSPS) is 15.0. The van der Waals surface area contributed by atoms with Gasteiger partial charge in [0, 0.05) is 5.92 Å². The van der Waals surface area contributed by atoms with Crippen LogP contribution in [-0.2, 0) is 10.6 Å². The van der Waals surface area contributed by atoms with E-state index in [4.69, 9.17) is 11.6 Å². The monoisotopic (exact) mass is 307 g/mol. The van der Waals surface area contributed by atoms with E-state index in [1.807, 2.05) is 0 Å². The number of hydrogen-bond donors (Lipinski definition) is 0. The molecule has 0 amide bonds. The second-order valence-electron chi connectivity index (χ2n) is 4.99. The van der Waals surface area contributed by atoms with Gasteiger partial charge < -0.3 is 4.74 Å². The Labute approximate surface area is 126 Å². The van der Waals surface area contributed by atoms with Gasteiger partial charge in [0.1, 0.15) is 11.3 Å². The Morgan fingerprint density at radius 2 is 2.14 bits per heavy atom. The zero-order valence-electron chi connectivity index (χ0n) is 11.5. The standard InChI is InChI=1S/C14H14ClN3O3/c1-21-14(20)10-6-5-9-12(17-10)18(11(7-15)16-9)13(19)8-3-2-4-8/h5-6,8H,2-4,7H2,1H3. The van der Waals surface area contributed by atoms with Gasteiger partial charge in [0.15, 0.2) is 11.3 Å². The largest absolute Gasteiger partial charge is 0.464 e. The van der Waals surface area contributed by atoms with Gasteiger partial charge >= 0.3 is 5.97 Å². The lowest BCUT2D eigenvalue weighted by Crippen LogP contribution is -2.28. The summed E-state index contributed by atoms with van der Waals surface area (Å²) in [7, 11) is 1.29. The number of imidazole rings is 1. The number of rotatable bonds is 3. The number of pyridine rings is 1. The molecule has 3 rings (SSSR count). The number of aromatic nitrogens is 3. The molecule has 2 aromatic heterocycles. The van der Waals surface area contributed by atoms with E-state index in [1.54, 1.807) is 6.07 Å². The molecule has 1 fully saturated rings. The summed E-state index contributed by atoms with van der Waals surface area (Å²) in [6.07, 6.45) is 2.80. The smallest absolute Gasteiger partial charge is 0.356 e. The highest BCUT2D eigenvalue weighted by Crippen LogP contribution is 2.30. The molecule has 0 saturated heterocycles. The summed E-state index contributed by atoms with van der Waals surface area (Å²) >= 11 is 5.89. The highest BCUT2D eigenvalue weighted by molar-refractivity contribution is 6.17. The van der Waals surface area contributed by atoms with Crippen LogP contribution in [0.1, 0.15) is 40.4 Å². The number of hydrogen-bond acceptors (Lipinski definition) is 5. The summed E-state index contributed by atoms with van der Waals surface area (Å²) in [6.45, 7) is 0. The van der Waals surface area contributed by atoms with Crippen molar-refractivity contribution in [2.75, 3.05) is 7.11 Å². The van der Waals surface area contributed by atoms with Crippen LogP contribution in [0.3, 0.4) is 0 Å². The van der Waals surface area contributed by atoms with E-state index in [1.165, 1.54) is 17.7 Å². The van der Waals surface area contributed by atoms with Crippen molar-refractivity contribution in [3.63, 3.8) is 0 Å². The van der Waals surface area contributed by atoms with Crippen LogP contribution in [0.2, 0.25) is 0 Å². The van der Waals surface area contributed by atoms with Gasteiger partial charge in [-0.1, -0.05) is 6.42 Å². The van der Waals surface area contributed by atoms with E-state index in [0.29, 0.717) is 17.0 Å². The van der Waals surface area contributed by atoms with Gasteiger partial charge in [0.05, 0.1) is 13.0 Å². The van der Waals surface area contributed by atoms with Crippen LogP contribution in [0, 0.1) is 5.92 Å². The number of methoxy groups -OCH3 is 1. The highest BCUT2D eigenvalue weighted by Gasteiger charge is 2.30. The Bertz CT molecular complexity index is 722. The molecule has 0 N–H and O–H groups in total. The molecule has 2 aromatic rings. The van der Waals surface area contributed by atoms with Gasteiger partial charge in [-0.15, -0.1) is 11.6 Å². The molecule has 0 atom stereocenters. The zero-order valence-corrected chi connectivity index (χ0v) is 12.3. The molecular weight excluding hydrogens is 294 g/mol. The van der Waals surface area contributed by atoms with Gasteiger partial charge in [-0.3, -0.25) is 4.79 Å². The SMILES string of the molecule is COC(=O)c1ccc2nc(CCl)n(C(=O)C3CCC3)c2n1. The van der Waals surface area contributed by atoms with Crippen LogP contribution in [0.4, 0.5) is 0 Å². The molecule has 0 radical (unpaired) electrons. The minimum absolute atomic E-state index is 0.00653. The fourth-order valence-corrected chi connectivity index (χ4v) is 2.56. The summed E-state index contributed by atoms with van der Waals surface area (Å²) < 4.78 is 6.10. The molecule has 1 aliphatic rings. The number of carbonyl (C=O) groups excluding carboxylic acids is 2. The van der Waals surface area contributed by atoms with Crippen molar-refractivity contribution in [1.82, 2.24) is 14.5 Å². The second-order valence-corrected chi connectivity index (χ2v) is 5.26. The van der Waals surface area contributed by atoms with Gasteiger partial charge in [0.25, 0.3) is 0 Å². The van der Waals surface area contributed by atoms with Crippen LogP contribution >= 0.6 is 11.6 Å². The summed E-state index contributed by atoms with van der Waals surface area (Å²) in [4.78, 5) is 32.7. The molecule has 0 bridgehead atoms. The van der Waals surface area contributed by atoms with Crippen molar-refractivity contribution >= 4 is 34.6 Å². The molecule has 0 aliphatic heterocycles. The van der Waals surface area contributed by atoms with Crippen LogP contribution in [-0.4, -0.2) is 33.5 Å². The summed E-state index contributed by atoms with van der Waals surface area (Å²) in [5, 5.41) is 0. The third-order valence-electron chi connectivity index (χ3n) is 3.76. The minimum atomic E-state index is -0.548. The molecule has 7 heteroatoms. The van der Waals surface area contributed by atoms with Gasteiger partial charge in [-0.05, 0) is 25.0 Å². The van der Waals surface area contributed by atoms with Crippen molar-refractivity contribution in [3.8, 4) is 0 Å². The maximum atomic E-state index is 12.5. The molecule has 110 valence electrons. The molecule has 2 heterocycles. The topological polar surface area (TPSA) is 74.1 Å². The first-order valence-corrected chi connectivity index (χ1v) is 7.26. The Hall–Kier alpha value is -1.95. The van der Waals surface area contributed by atoms with E-state index in [-0.39, 0.29) is 23.4 Å². The number of carbonyl (C=O) groups is 2. The minimum Gasteiger partial charge on any atom is -0.464 e. The van der Waals surface area contributed by atoms with Crippen LogP contribution < -0.4 is 0 Å². The lowest BCUT2D eigenvalue weighted by atomic mass is 9.85. The predicted octanol–water partition coefficient (Wildman–Crippen LogP) is 2.40. The maximum absolute atomic E-state index is 12.5. The quantitative estimate of drug-likeness (QED) is 0.643. The van der Waals surface area contributed by atoms with Crippen LogP contribution in [0.25, 0.3) is 11.2 Å². The lowest BCUT2D eigenvalue weighted by molar-refractivity contribution is 0.0593. The second kappa shape index (κ2) is 5.44. The van der Waals surface area contributed by atoms with E-state index in [9.17, 15) is 9.59 Å². The molecular formula is C14H14ClN3O3. The van der Waals surface area contributed by atoms with Crippen molar-refractivity contribution in [2.24, 2.45) is 5.92 Å². The zero-order chi connectivity index (χ0) is 15.0. The molecule has 1 saturated carbocycles. The molecule has 6 nitrogen and oxygen atoms in total. The average Bonchev–Trinajstić information content (AvgIpc) is 2.81. The number of esters is 1. The van der Waals surface area contributed by atoms with Crippen LogP contribution in [0.15, 0.2) is 12.1 Å². The summed E-state index contributed by atoms with van der Waals surface area (Å²) in [6, 6.07) is 3.17. The number of fused-ring (bicyclic) bond motifs is 1. The number of ether oxygens (including phenoxy) is 1. The van der Waals surface area contributed by atoms with E-state index in [0.717, 1.165) is 19.3 Å². The van der Waals surface area contributed by atoms with Gasteiger partial charge in [-0.25, -0.2) is 19.3 Å². The first-order valence-electron chi connectivity index (χ1n) is 6.72. The van der Waals surface area contributed by atoms with Crippen LogP contribution in [0.5, 0.6) is 0 Å². The first-order chi connectivity index (χ1) is 10.2. The average molecular weight is 308 g/mol. The van der Waals surface area contributed by atoms with E-state index >= 15 is 0 Å². The van der Waals surface area contributed by atoms with Crippen molar-refractivity contribution in [1.29, 1.82) is 0 Å². The fourth-order valence-electron chi connectivity index (χ4n) is 2.38. The third kappa shape index (κ3) is 2.29. The Kier molecular flexibility index (Phi) is 3.63. The predicted molar refractivity (Wildman–Crippen MR) is 76.4 cm³/mol. The Balaban J connectivity index is 2.14. The van der Waals surface area contributed by atoms with Gasteiger partial charge in [0.2, 0.25) is 5.91 Å². The van der Waals surface area contributed by atoms with E-state index < -0.39 is 5.97 Å². The highest BCUT2D eigenvalue weighted by atomic mass is 35.5. The number of alkyl halides is 1. The van der Waals surface area contributed by atoms with Gasteiger partial charge in [-0.2, -0.15) is 0 Å². The molecule has 0 unspecified atom stereocenters. The summed E-state index contributed by atoms with van der Waals surface area (Å²) in [5.74, 6) is -0.0318. The number of nitrogens with zero attached hydrogens (tertiary/aromatic N) is 3. The lowest BCUT2D eigenvalue weighted by Gasteiger charge is -2.24. The maximum Gasteiger partial charge on any atom is 0.356 e. The number of halogens is 1. The molecule has 0 aromatic carbocycles. The molecule has 21 heavy (non-hydrogen) atoms. The Morgan fingerprint density at radius 1 is 1.38 bits per heavy atom. The van der Waals surface area contributed by atoms with Crippen molar-refractivity contribution in [2.45, 2.75) is 25.1 Å². The van der Waals surface area contributed by atoms with Crippen molar-refractivity contribution in [3.05, 3.63) is 23.7 Å². The Morgan fingerprint density at radius 3 is 2.71 bits per heavy atom. The molecule has 1 aliphatic carbocycles.